The Morgan fingerprint density at radius 3 is 2.50 bits per heavy atom. The summed E-state index contributed by atoms with van der Waals surface area (Å²) < 4.78 is 10.2. The average Bonchev–Trinajstić information content (AvgIpc) is 2.77. The Morgan fingerprint density at radius 2 is 1.94 bits per heavy atom. The Hall–Kier alpha value is -1.74. The van der Waals surface area contributed by atoms with E-state index in [4.69, 9.17) is 20.8 Å². The van der Waals surface area contributed by atoms with Gasteiger partial charge in [-0.2, -0.15) is 0 Å². The number of benzene rings is 1. The lowest BCUT2D eigenvalue weighted by Crippen LogP contribution is -2.04. The molecule has 0 spiro atoms. The summed E-state index contributed by atoms with van der Waals surface area (Å²) in [6.07, 6.45) is 1.40. The van der Waals surface area contributed by atoms with E-state index in [0.717, 1.165) is 16.9 Å². The number of ketones is 1. The van der Waals surface area contributed by atoms with Gasteiger partial charge in [0.25, 0.3) is 0 Å². The SMILES string of the molecule is COc1cc(C)c(C(=O)c2ccoc2Cl)cc1C. The maximum absolute atomic E-state index is 12.3. The summed E-state index contributed by atoms with van der Waals surface area (Å²) in [5, 5.41) is 0.118. The molecule has 0 fully saturated rings. The molecule has 1 aromatic carbocycles. The molecule has 0 amide bonds. The summed E-state index contributed by atoms with van der Waals surface area (Å²) in [5.41, 5.74) is 2.74. The Labute approximate surface area is 110 Å². The molecule has 0 saturated carbocycles. The van der Waals surface area contributed by atoms with Gasteiger partial charge < -0.3 is 9.15 Å². The van der Waals surface area contributed by atoms with Crippen molar-refractivity contribution in [2.75, 3.05) is 7.11 Å². The van der Waals surface area contributed by atoms with Crippen molar-refractivity contribution in [3.8, 4) is 5.75 Å². The Kier molecular flexibility index (Phi) is 3.43. The van der Waals surface area contributed by atoms with Crippen molar-refractivity contribution in [2.45, 2.75) is 13.8 Å². The van der Waals surface area contributed by atoms with Crippen molar-refractivity contribution >= 4 is 17.4 Å². The Balaban J connectivity index is 2.49. The Bertz CT molecular complexity index is 599. The van der Waals surface area contributed by atoms with Gasteiger partial charge in [0.05, 0.1) is 18.9 Å². The number of ether oxygens (including phenoxy) is 1. The lowest BCUT2D eigenvalue weighted by Gasteiger charge is -2.10. The molecule has 0 N–H and O–H groups in total. The first-order valence-corrected chi connectivity index (χ1v) is 5.85. The number of rotatable bonds is 3. The van der Waals surface area contributed by atoms with Gasteiger partial charge in [0, 0.05) is 5.56 Å². The molecule has 94 valence electrons. The van der Waals surface area contributed by atoms with Crippen molar-refractivity contribution in [1.29, 1.82) is 0 Å². The van der Waals surface area contributed by atoms with Crippen molar-refractivity contribution in [3.63, 3.8) is 0 Å². The molecular formula is C14H13ClO3. The van der Waals surface area contributed by atoms with Crippen LogP contribution in [-0.4, -0.2) is 12.9 Å². The summed E-state index contributed by atoms with van der Waals surface area (Å²) in [5.74, 6) is 0.624. The van der Waals surface area contributed by atoms with Gasteiger partial charge in [0.1, 0.15) is 5.75 Å². The number of carbonyl (C=O) groups is 1. The van der Waals surface area contributed by atoms with Gasteiger partial charge in [-0.05, 0) is 54.8 Å². The number of halogens is 1. The van der Waals surface area contributed by atoms with Crippen LogP contribution in [0.25, 0.3) is 0 Å². The van der Waals surface area contributed by atoms with E-state index in [9.17, 15) is 4.79 Å². The highest BCUT2D eigenvalue weighted by molar-refractivity contribution is 6.33. The second kappa shape index (κ2) is 4.86. The van der Waals surface area contributed by atoms with Crippen molar-refractivity contribution in [1.82, 2.24) is 0 Å². The van der Waals surface area contributed by atoms with Crippen LogP contribution in [-0.2, 0) is 0 Å². The molecule has 2 rings (SSSR count). The van der Waals surface area contributed by atoms with E-state index >= 15 is 0 Å². The number of hydrogen-bond acceptors (Lipinski definition) is 3. The van der Waals surface area contributed by atoms with Crippen LogP contribution in [0.1, 0.15) is 27.0 Å². The van der Waals surface area contributed by atoms with Crippen LogP contribution in [0.3, 0.4) is 0 Å². The van der Waals surface area contributed by atoms with E-state index in [2.05, 4.69) is 0 Å². The van der Waals surface area contributed by atoms with E-state index in [0.29, 0.717) is 11.1 Å². The maximum Gasteiger partial charge on any atom is 0.204 e. The fourth-order valence-electron chi connectivity index (χ4n) is 1.86. The zero-order chi connectivity index (χ0) is 13.3. The summed E-state index contributed by atoms with van der Waals surface area (Å²) in [4.78, 5) is 12.3. The standard InChI is InChI=1S/C14H13ClO3/c1-8-7-12(17-3)9(2)6-11(8)13(16)10-4-5-18-14(10)15/h4-7H,1-3H3. The van der Waals surface area contributed by atoms with Crippen LogP contribution < -0.4 is 4.74 Å². The molecule has 4 heteroatoms. The van der Waals surface area contributed by atoms with Crippen LogP contribution in [0.5, 0.6) is 5.75 Å². The molecule has 0 atom stereocenters. The number of furan rings is 1. The molecule has 3 nitrogen and oxygen atoms in total. The quantitative estimate of drug-likeness (QED) is 0.792. The fraction of sp³-hybridized carbons (Fsp3) is 0.214. The zero-order valence-electron chi connectivity index (χ0n) is 10.4. The fourth-order valence-corrected chi connectivity index (χ4v) is 2.06. The first kappa shape index (κ1) is 12.7. The molecular weight excluding hydrogens is 252 g/mol. The van der Waals surface area contributed by atoms with Gasteiger partial charge in [-0.1, -0.05) is 0 Å². The lowest BCUT2D eigenvalue weighted by atomic mass is 9.98. The highest BCUT2D eigenvalue weighted by Crippen LogP contribution is 2.26. The highest BCUT2D eigenvalue weighted by atomic mass is 35.5. The minimum atomic E-state index is -0.142. The molecule has 0 unspecified atom stereocenters. The molecule has 1 heterocycles. The smallest absolute Gasteiger partial charge is 0.204 e. The number of carbonyl (C=O) groups excluding carboxylic acids is 1. The monoisotopic (exact) mass is 264 g/mol. The van der Waals surface area contributed by atoms with E-state index < -0.39 is 0 Å². The Morgan fingerprint density at radius 1 is 1.22 bits per heavy atom. The minimum absolute atomic E-state index is 0.118. The van der Waals surface area contributed by atoms with Gasteiger partial charge in [0.2, 0.25) is 5.22 Å². The molecule has 18 heavy (non-hydrogen) atoms. The van der Waals surface area contributed by atoms with Crippen LogP contribution in [0.4, 0.5) is 0 Å². The highest BCUT2D eigenvalue weighted by Gasteiger charge is 2.18. The number of methoxy groups -OCH3 is 1. The predicted octanol–water partition coefficient (Wildman–Crippen LogP) is 3.79. The van der Waals surface area contributed by atoms with Gasteiger partial charge in [0.15, 0.2) is 5.78 Å². The van der Waals surface area contributed by atoms with E-state index in [1.54, 1.807) is 19.2 Å². The third kappa shape index (κ3) is 2.14. The minimum Gasteiger partial charge on any atom is -0.496 e. The molecule has 2 aromatic rings. The number of hydrogen-bond donors (Lipinski definition) is 0. The maximum atomic E-state index is 12.3. The molecule has 0 aliphatic rings. The summed E-state index contributed by atoms with van der Waals surface area (Å²) in [6.45, 7) is 3.76. The van der Waals surface area contributed by atoms with Gasteiger partial charge >= 0.3 is 0 Å². The van der Waals surface area contributed by atoms with Crippen molar-refractivity contribution < 1.29 is 13.9 Å². The first-order chi connectivity index (χ1) is 8.54. The van der Waals surface area contributed by atoms with Crippen LogP contribution in [0.2, 0.25) is 5.22 Å². The van der Waals surface area contributed by atoms with Gasteiger partial charge in [-0.25, -0.2) is 0 Å². The van der Waals surface area contributed by atoms with Crippen LogP contribution >= 0.6 is 11.6 Å². The largest absolute Gasteiger partial charge is 0.496 e. The van der Waals surface area contributed by atoms with Gasteiger partial charge in [-0.15, -0.1) is 0 Å². The first-order valence-electron chi connectivity index (χ1n) is 5.47. The lowest BCUT2D eigenvalue weighted by molar-refractivity contribution is 0.103. The third-order valence-corrected chi connectivity index (χ3v) is 3.14. The topological polar surface area (TPSA) is 39.4 Å². The zero-order valence-corrected chi connectivity index (χ0v) is 11.2. The second-order valence-corrected chi connectivity index (χ2v) is 4.42. The molecule has 0 aliphatic carbocycles. The van der Waals surface area contributed by atoms with E-state index in [1.165, 1.54) is 6.26 Å². The average molecular weight is 265 g/mol. The van der Waals surface area contributed by atoms with Crippen molar-refractivity contribution in [3.05, 3.63) is 51.9 Å². The van der Waals surface area contributed by atoms with E-state index in [1.807, 2.05) is 19.9 Å². The predicted molar refractivity (Wildman–Crippen MR) is 69.6 cm³/mol. The second-order valence-electron chi connectivity index (χ2n) is 4.07. The molecule has 0 aliphatic heterocycles. The molecule has 1 aromatic heterocycles. The van der Waals surface area contributed by atoms with Crippen LogP contribution in [0.15, 0.2) is 28.9 Å². The normalized spacial score (nSPS) is 10.4. The summed E-state index contributed by atoms with van der Waals surface area (Å²) in [7, 11) is 1.61. The number of aryl methyl sites for hydroxylation is 2. The third-order valence-electron chi connectivity index (χ3n) is 2.85. The molecule has 0 radical (unpaired) electrons. The van der Waals surface area contributed by atoms with Crippen LogP contribution in [0, 0.1) is 13.8 Å². The molecule has 0 bridgehead atoms. The summed E-state index contributed by atoms with van der Waals surface area (Å²) in [6, 6.07) is 5.22. The molecule has 0 saturated heterocycles. The van der Waals surface area contributed by atoms with E-state index in [-0.39, 0.29) is 11.0 Å². The van der Waals surface area contributed by atoms with Gasteiger partial charge in [-0.3, -0.25) is 4.79 Å². The van der Waals surface area contributed by atoms with Crippen molar-refractivity contribution in [2.24, 2.45) is 0 Å². The summed E-state index contributed by atoms with van der Waals surface area (Å²) >= 11 is 5.82.